The number of carbonyl (C=O) groups is 1. The number of benzene rings is 1. The van der Waals surface area contributed by atoms with Crippen LogP contribution >= 0.6 is 0 Å². The van der Waals surface area contributed by atoms with Crippen molar-refractivity contribution in [2.45, 2.75) is 24.2 Å². The van der Waals surface area contributed by atoms with Crippen LogP contribution in [0.2, 0.25) is 0 Å². The topological polar surface area (TPSA) is 99.5 Å². The van der Waals surface area contributed by atoms with Crippen LogP contribution in [0.15, 0.2) is 40.6 Å². The Kier molecular flexibility index (Phi) is 4.55. The molecule has 1 aromatic rings. The number of nitrogens with one attached hydrogen (secondary N) is 1. The third kappa shape index (κ3) is 3.13. The van der Waals surface area contributed by atoms with Gasteiger partial charge in [0.15, 0.2) is 0 Å². The second kappa shape index (κ2) is 6.63. The van der Waals surface area contributed by atoms with Gasteiger partial charge in [-0.3, -0.25) is 10.1 Å². The number of hydrogen-bond acceptors (Lipinski definition) is 5. The third-order valence-corrected chi connectivity index (χ3v) is 5.97. The molecule has 0 unspecified atom stereocenters. The van der Waals surface area contributed by atoms with Crippen molar-refractivity contribution < 1.29 is 17.9 Å². The lowest BCUT2D eigenvalue weighted by molar-refractivity contribution is 0.0930. The minimum Gasteiger partial charge on any atom is -0.478 e. The lowest BCUT2D eigenvalue weighted by atomic mass is 10.2. The first kappa shape index (κ1) is 16.5. The van der Waals surface area contributed by atoms with Gasteiger partial charge in [0.1, 0.15) is 6.07 Å². The Morgan fingerprint density at radius 2 is 1.88 bits per heavy atom. The summed E-state index contributed by atoms with van der Waals surface area (Å²) in [6.45, 7) is 1.44. The van der Waals surface area contributed by atoms with E-state index in [4.69, 9.17) is 10.00 Å². The van der Waals surface area contributed by atoms with E-state index in [2.05, 4.69) is 5.32 Å². The maximum Gasteiger partial charge on any atom is 0.257 e. The molecule has 0 saturated carbocycles. The Morgan fingerprint density at radius 1 is 1.21 bits per heavy atom. The summed E-state index contributed by atoms with van der Waals surface area (Å²) in [5.41, 5.74) is 0.701. The zero-order valence-electron chi connectivity index (χ0n) is 13.0. The molecule has 3 rings (SSSR count). The zero-order chi connectivity index (χ0) is 17.2. The van der Waals surface area contributed by atoms with Gasteiger partial charge in [-0.05, 0) is 37.1 Å². The molecule has 0 aromatic heterocycles. The van der Waals surface area contributed by atoms with Crippen molar-refractivity contribution >= 4 is 15.9 Å². The molecule has 2 aliphatic heterocycles. The minimum atomic E-state index is -3.49. The van der Waals surface area contributed by atoms with Crippen LogP contribution in [0, 0.1) is 11.3 Å². The Balaban J connectivity index is 1.75. The smallest absolute Gasteiger partial charge is 0.257 e. The van der Waals surface area contributed by atoms with Crippen LogP contribution in [0.25, 0.3) is 0 Å². The first-order chi connectivity index (χ1) is 11.5. The summed E-state index contributed by atoms with van der Waals surface area (Å²) in [5, 5.41) is 11.5. The number of nitrogens with zero attached hydrogens (tertiary/aromatic N) is 2. The molecule has 0 aliphatic carbocycles. The van der Waals surface area contributed by atoms with Gasteiger partial charge in [0.25, 0.3) is 5.91 Å². The van der Waals surface area contributed by atoms with Gasteiger partial charge < -0.3 is 4.74 Å². The van der Waals surface area contributed by atoms with E-state index in [9.17, 15) is 13.2 Å². The van der Waals surface area contributed by atoms with E-state index in [-0.39, 0.29) is 10.8 Å². The molecule has 0 bridgehead atoms. The molecule has 8 heteroatoms. The first-order valence-electron chi connectivity index (χ1n) is 7.70. The molecule has 7 nitrogen and oxygen atoms in total. The Bertz CT molecular complexity index is 816. The number of rotatable bonds is 4. The SMILES string of the molecule is N#CC1=C(NC(=O)c2ccc(S(=O)(=O)N3CCCC3)cc2)OCC1. The summed E-state index contributed by atoms with van der Waals surface area (Å²) in [5.74, 6) is -0.263. The Hall–Kier alpha value is -2.37. The van der Waals surface area contributed by atoms with E-state index in [1.807, 2.05) is 6.07 Å². The molecule has 0 atom stereocenters. The lowest BCUT2D eigenvalue weighted by Gasteiger charge is -2.15. The first-order valence-corrected chi connectivity index (χ1v) is 9.14. The molecule has 0 radical (unpaired) electrons. The Labute approximate surface area is 140 Å². The summed E-state index contributed by atoms with van der Waals surface area (Å²) in [6, 6.07) is 7.76. The zero-order valence-corrected chi connectivity index (χ0v) is 13.8. The van der Waals surface area contributed by atoms with E-state index < -0.39 is 15.9 Å². The van der Waals surface area contributed by atoms with E-state index in [1.165, 1.54) is 28.6 Å². The number of sulfonamides is 1. The van der Waals surface area contributed by atoms with E-state index in [0.717, 1.165) is 12.8 Å². The predicted molar refractivity (Wildman–Crippen MR) is 85.1 cm³/mol. The molecule has 1 N–H and O–H groups in total. The maximum absolute atomic E-state index is 12.4. The minimum absolute atomic E-state index is 0.176. The molecular weight excluding hydrogens is 330 g/mol. The molecule has 2 heterocycles. The number of hydrogen-bond donors (Lipinski definition) is 1. The van der Waals surface area contributed by atoms with Crippen LogP contribution in [-0.4, -0.2) is 38.3 Å². The van der Waals surface area contributed by atoms with E-state index in [0.29, 0.717) is 37.3 Å². The normalized spacial score (nSPS) is 18.3. The van der Waals surface area contributed by atoms with Crippen molar-refractivity contribution in [1.29, 1.82) is 5.26 Å². The fourth-order valence-corrected chi connectivity index (χ4v) is 4.22. The molecule has 1 saturated heterocycles. The average Bonchev–Trinajstić information content (AvgIpc) is 3.26. The number of amides is 1. The second-order valence-electron chi connectivity index (χ2n) is 5.61. The van der Waals surface area contributed by atoms with Gasteiger partial charge in [-0.1, -0.05) is 0 Å². The predicted octanol–water partition coefficient (Wildman–Crippen LogP) is 1.36. The van der Waals surface area contributed by atoms with Crippen LogP contribution in [0.5, 0.6) is 0 Å². The highest BCUT2D eigenvalue weighted by atomic mass is 32.2. The van der Waals surface area contributed by atoms with Crippen LogP contribution < -0.4 is 5.32 Å². The van der Waals surface area contributed by atoms with Crippen molar-refractivity contribution in [1.82, 2.24) is 9.62 Å². The van der Waals surface area contributed by atoms with Gasteiger partial charge in [0.2, 0.25) is 15.9 Å². The van der Waals surface area contributed by atoms with Gasteiger partial charge in [0.05, 0.1) is 17.1 Å². The van der Waals surface area contributed by atoms with Crippen molar-refractivity contribution in [3.05, 3.63) is 41.3 Å². The van der Waals surface area contributed by atoms with Gasteiger partial charge in [-0.2, -0.15) is 9.57 Å². The summed E-state index contributed by atoms with van der Waals surface area (Å²) in [6.07, 6.45) is 2.21. The largest absolute Gasteiger partial charge is 0.478 e. The summed E-state index contributed by atoms with van der Waals surface area (Å²) in [4.78, 5) is 12.4. The molecule has 126 valence electrons. The molecular formula is C16H17N3O4S. The molecule has 2 aliphatic rings. The molecule has 1 aromatic carbocycles. The van der Waals surface area contributed by atoms with Crippen molar-refractivity contribution in [2.75, 3.05) is 19.7 Å². The van der Waals surface area contributed by atoms with Crippen LogP contribution in [-0.2, 0) is 14.8 Å². The van der Waals surface area contributed by atoms with Crippen LogP contribution in [0.3, 0.4) is 0 Å². The molecule has 0 spiro atoms. The summed E-state index contributed by atoms with van der Waals surface area (Å²) < 4.78 is 31.5. The van der Waals surface area contributed by atoms with Gasteiger partial charge in [0, 0.05) is 25.1 Å². The highest BCUT2D eigenvalue weighted by Crippen LogP contribution is 2.21. The van der Waals surface area contributed by atoms with Crippen molar-refractivity contribution in [2.24, 2.45) is 0 Å². The van der Waals surface area contributed by atoms with Crippen molar-refractivity contribution in [3.63, 3.8) is 0 Å². The fourth-order valence-electron chi connectivity index (χ4n) is 2.71. The van der Waals surface area contributed by atoms with Crippen LogP contribution in [0.1, 0.15) is 29.6 Å². The van der Waals surface area contributed by atoms with E-state index in [1.54, 1.807) is 0 Å². The lowest BCUT2D eigenvalue weighted by Crippen LogP contribution is -2.28. The summed E-state index contributed by atoms with van der Waals surface area (Å²) >= 11 is 0. The highest BCUT2D eigenvalue weighted by Gasteiger charge is 2.27. The highest BCUT2D eigenvalue weighted by molar-refractivity contribution is 7.89. The number of nitriles is 1. The van der Waals surface area contributed by atoms with Gasteiger partial charge >= 0.3 is 0 Å². The molecule has 1 amide bonds. The molecule has 1 fully saturated rings. The quantitative estimate of drug-likeness (QED) is 0.886. The van der Waals surface area contributed by atoms with Crippen molar-refractivity contribution in [3.8, 4) is 6.07 Å². The fraction of sp³-hybridized carbons (Fsp3) is 0.375. The van der Waals surface area contributed by atoms with Gasteiger partial charge in [-0.25, -0.2) is 8.42 Å². The Morgan fingerprint density at radius 3 is 2.50 bits per heavy atom. The average molecular weight is 347 g/mol. The third-order valence-electron chi connectivity index (χ3n) is 4.05. The van der Waals surface area contributed by atoms with E-state index >= 15 is 0 Å². The number of ether oxygens (including phenoxy) is 1. The monoisotopic (exact) mass is 347 g/mol. The summed E-state index contributed by atoms with van der Waals surface area (Å²) in [7, 11) is -3.49. The number of carbonyl (C=O) groups excluding carboxylic acids is 1. The van der Waals surface area contributed by atoms with Crippen LogP contribution in [0.4, 0.5) is 0 Å². The van der Waals surface area contributed by atoms with Gasteiger partial charge in [-0.15, -0.1) is 0 Å². The maximum atomic E-state index is 12.4. The molecule has 24 heavy (non-hydrogen) atoms. The second-order valence-corrected chi connectivity index (χ2v) is 7.55. The standard InChI is InChI=1S/C16H17N3O4S/c17-11-13-7-10-23-16(13)18-15(20)12-3-5-14(6-4-12)24(21,22)19-8-1-2-9-19/h3-6H,1-2,7-10H2,(H,18,20).